The highest BCUT2D eigenvalue weighted by atomic mass is 32.2. The molecule has 16 heavy (non-hydrogen) atoms. The van der Waals surface area contributed by atoms with Gasteiger partial charge in [0.2, 0.25) is 0 Å². The fourth-order valence-electron chi connectivity index (χ4n) is 2.15. The molecule has 3 heterocycles. The molecule has 0 saturated carbocycles. The van der Waals surface area contributed by atoms with Crippen molar-refractivity contribution in [2.75, 3.05) is 12.9 Å². The van der Waals surface area contributed by atoms with E-state index in [9.17, 15) is 0 Å². The summed E-state index contributed by atoms with van der Waals surface area (Å²) in [5.41, 5.74) is 1.11. The van der Waals surface area contributed by atoms with Gasteiger partial charge < -0.3 is 9.14 Å². The monoisotopic (exact) mass is 234 g/mol. The van der Waals surface area contributed by atoms with E-state index in [2.05, 4.69) is 15.6 Å². The van der Waals surface area contributed by atoms with Crippen LogP contribution < -0.4 is 4.74 Å². The van der Waals surface area contributed by atoms with Crippen molar-refractivity contribution >= 4 is 17.3 Å². The summed E-state index contributed by atoms with van der Waals surface area (Å²) in [7, 11) is 1.69. The summed E-state index contributed by atoms with van der Waals surface area (Å²) in [4.78, 5) is 4.54. The normalized spacial score (nSPS) is 20.4. The van der Waals surface area contributed by atoms with Crippen LogP contribution in [-0.4, -0.2) is 22.2 Å². The Labute approximate surface area is 98.8 Å². The number of imidazole rings is 1. The molecule has 1 fully saturated rings. The predicted octanol–water partition coefficient (Wildman–Crippen LogP) is 2.91. The zero-order valence-corrected chi connectivity index (χ0v) is 10.0. The highest BCUT2D eigenvalue weighted by molar-refractivity contribution is 7.99. The van der Waals surface area contributed by atoms with Crippen molar-refractivity contribution in [2.24, 2.45) is 0 Å². The lowest BCUT2D eigenvalue weighted by atomic mass is 10.2. The van der Waals surface area contributed by atoms with E-state index in [0.29, 0.717) is 5.25 Å². The van der Waals surface area contributed by atoms with E-state index in [1.165, 1.54) is 24.4 Å². The molecule has 4 heteroatoms. The van der Waals surface area contributed by atoms with Crippen molar-refractivity contribution in [2.45, 2.75) is 18.1 Å². The Morgan fingerprint density at radius 3 is 3.25 bits per heavy atom. The SMILES string of the molecule is COc1ccn2c(C3CCCS3)ncc2c1. The summed E-state index contributed by atoms with van der Waals surface area (Å²) in [6.07, 6.45) is 6.53. The molecule has 2 aromatic heterocycles. The molecule has 3 rings (SSSR count). The summed E-state index contributed by atoms with van der Waals surface area (Å²) >= 11 is 2.01. The van der Waals surface area contributed by atoms with Gasteiger partial charge in [0, 0.05) is 12.3 Å². The Kier molecular flexibility index (Phi) is 2.52. The van der Waals surface area contributed by atoms with E-state index in [1.807, 2.05) is 30.1 Å². The minimum atomic E-state index is 0.566. The zero-order chi connectivity index (χ0) is 11.0. The van der Waals surface area contributed by atoms with Crippen LogP contribution in [-0.2, 0) is 0 Å². The number of ether oxygens (including phenoxy) is 1. The van der Waals surface area contributed by atoms with E-state index < -0.39 is 0 Å². The summed E-state index contributed by atoms with van der Waals surface area (Å²) in [6.45, 7) is 0. The van der Waals surface area contributed by atoms with Crippen LogP contribution in [0, 0.1) is 0 Å². The molecule has 0 N–H and O–H groups in total. The summed E-state index contributed by atoms with van der Waals surface area (Å²) < 4.78 is 7.38. The first-order valence-electron chi connectivity index (χ1n) is 5.51. The average molecular weight is 234 g/mol. The van der Waals surface area contributed by atoms with Gasteiger partial charge in [0.1, 0.15) is 11.6 Å². The van der Waals surface area contributed by atoms with Gasteiger partial charge in [-0.1, -0.05) is 0 Å². The predicted molar refractivity (Wildman–Crippen MR) is 66.2 cm³/mol. The van der Waals surface area contributed by atoms with Crippen LogP contribution in [0.3, 0.4) is 0 Å². The number of fused-ring (bicyclic) bond motifs is 1. The quantitative estimate of drug-likeness (QED) is 0.799. The second kappa shape index (κ2) is 4.01. The van der Waals surface area contributed by atoms with Crippen molar-refractivity contribution in [1.82, 2.24) is 9.38 Å². The van der Waals surface area contributed by atoms with Crippen LogP contribution in [0.4, 0.5) is 0 Å². The molecule has 0 spiro atoms. The van der Waals surface area contributed by atoms with Crippen molar-refractivity contribution < 1.29 is 4.74 Å². The van der Waals surface area contributed by atoms with E-state index in [0.717, 1.165) is 11.3 Å². The summed E-state index contributed by atoms with van der Waals surface area (Å²) in [5.74, 6) is 3.33. The number of aromatic nitrogens is 2. The molecule has 0 aromatic carbocycles. The molecule has 0 amide bonds. The molecular weight excluding hydrogens is 220 g/mol. The van der Waals surface area contributed by atoms with Gasteiger partial charge in [-0.3, -0.25) is 0 Å². The molecular formula is C12H14N2OS. The topological polar surface area (TPSA) is 26.5 Å². The fraction of sp³-hybridized carbons (Fsp3) is 0.417. The smallest absolute Gasteiger partial charge is 0.126 e. The first kappa shape index (κ1) is 10.0. The number of rotatable bonds is 2. The lowest BCUT2D eigenvalue weighted by Crippen LogP contribution is -1.97. The van der Waals surface area contributed by atoms with Gasteiger partial charge >= 0.3 is 0 Å². The lowest BCUT2D eigenvalue weighted by Gasteiger charge is -2.07. The molecule has 0 radical (unpaired) electrons. The van der Waals surface area contributed by atoms with Crippen molar-refractivity contribution in [3.63, 3.8) is 0 Å². The number of thioether (sulfide) groups is 1. The van der Waals surface area contributed by atoms with Gasteiger partial charge in [0.15, 0.2) is 0 Å². The van der Waals surface area contributed by atoms with Gasteiger partial charge in [0.05, 0.1) is 24.1 Å². The Bertz CT molecular complexity index is 503. The standard InChI is InChI=1S/C12H14N2OS/c1-15-10-4-5-14-9(7-10)8-13-12(14)11-3-2-6-16-11/h4-5,7-8,11H,2-3,6H2,1H3. The van der Waals surface area contributed by atoms with E-state index in [4.69, 9.17) is 4.74 Å². The first-order chi connectivity index (χ1) is 7.88. The van der Waals surface area contributed by atoms with Crippen molar-refractivity contribution in [1.29, 1.82) is 0 Å². The Morgan fingerprint density at radius 2 is 2.50 bits per heavy atom. The van der Waals surface area contributed by atoms with Crippen LogP contribution >= 0.6 is 11.8 Å². The first-order valence-corrected chi connectivity index (χ1v) is 6.56. The Balaban J connectivity index is 2.06. The third-order valence-electron chi connectivity index (χ3n) is 2.99. The van der Waals surface area contributed by atoms with E-state index in [1.54, 1.807) is 7.11 Å². The van der Waals surface area contributed by atoms with Gasteiger partial charge in [-0.15, -0.1) is 0 Å². The second-order valence-corrected chi connectivity index (χ2v) is 5.29. The van der Waals surface area contributed by atoms with Gasteiger partial charge in [0.25, 0.3) is 0 Å². The summed E-state index contributed by atoms with van der Waals surface area (Å²) in [6, 6.07) is 4.01. The molecule has 0 aliphatic carbocycles. The third-order valence-corrected chi connectivity index (χ3v) is 4.36. The largest absolute Gasteiger partial charge is 0.497 e. The molecule has 1 atom stereocenters. The van der Waals surface area contributed by atoms with Crippen LogP contribution in [0.1, 0.15) is 23.9 Å². The maximum absolute atomic E-state index is 5.21. The van der Waals surface area contributed by atoms with Crippen LogP contribution in [0.15, 0.2) is 24.5 Å². The molecule has 84 valence electrons. The maximum atomic E-state index is 5.21. The number of hydrogen-bond acceptors (Lipinski definition) is 3. The third kappa shape index (κ3) is 1.57. The number of methoxy groups -OCH3 is 1. The minimum Gasteiger partial charge on any atom is -0.497 e. The summed E-state index contributed by atoms with van der Waals surface area (Å²) in [5, 5.41) is 0.566. The molecule has 2 aromatic rings. The van der Waals surface area contributed by atoms with Crippen LogP contribution in [0.5, 0.6) is 5.75 Å². The molecule has 1 aliphatic rings. The van der Waals surface area contributed by atoms with Crippen LogP contribution in [0.25, 0.3) is 5.52 Å². The Hall–Kier alpha value is -1.16. The highest BCUT2D eigenvalue weighted by Crippen LogP contribution is 2.39. The lowest BCUT2D eigenvalue weighted by molar-refractivity contribution is 0.414. The molecule has 3 nitrogen and oxygen atoms in total. The number of hydrogen-bond donors (Lipinski definition) is 0. The average Bonchev–Trinajstić information content (AvgIpc) is 2.96. The maximum Gasteiger partial charge on any atom is 0.126 e. The second-order valence-electron chi connectivity index (χ2n) is 3.98. The van der Waals surface area contributed by atoms with Gasteiger partial charge in [-0.2, -0.15) is 11.8 Å². The molecule has 0 bridgehead atoms. The van der Waals surface area contributed by atoms with Crippen molar-refractivity contribution in [3.05, 3.63) is 30.4 Å². The highest BCUT2D eigenvalue weighted by Gasteiger charge is 2.21. The van der Waals surface area contributed by atoms with Gasteiger partial charge in [-0.05, 0) is 24.7 Å². The molecule has 1 saturated heterocycles. The number of nitrogens with zero attached hydrogens (tertiary/aromatic N) is 2. The van der Waals surface area contributed by atoms with E-state index in [-0.39, 0.29) is 0 Å². The van der Waals surface area contributed by atoms with Gasteiger partial charge in [-0.25, -0.2) is 4.98 Å². The fourth-order valence-corrected chi connectivity index (χ4v) is 3.42. The molecule has 1 aliphatic heterocycles. The minimum absolute atomic E-state index is 0.566. The Morgan fingerprint density at radius 1 is 1.56 bits per heavy atom. The number of pyridine rings is 1. The molecule has 1 unspecified atom stereocenters. The van der Waals surface area contributed by atoms with Crippen LogP contribution in [0.2, 0.25) is 0 Å². The van der Waals surface area contributed by atoms with E-state index >= 15 is 0 Å². The zero-order valence-electron chi connectivity index (χ0n) is 9.22. The van der Waals surface area contributed by atoms with Crippen molar-refractivity contribution in [3.8, 4) is 5.75 Å².